The number of nitrogens with zero attached hydrogens (tertiary/aromatic N) is 5. The SMILES string of the molecule is COc1cc2c(cc1OCc1cc(COc3cc4c(cc3OC)C(=O)N3c5ccccc5C[C@H]3C=N4)cc(OC(C)(C)CC(C)C(=O)ON3C(=O)CCC3=O)c1)N=C[C@@H]1Cc3ccccc3N1C2=O. The maximum Gasteiger partial charge on any atom is 0.336 e. The van der Waals surface area contributed by atoms with Gasteiger partial charge < -0.3 is 28.5 Å². The number of hydrogen-bond donors (Lipinski definition) is 0. The third kappa shape index (κ3) is 8.62. The molecule has 1 unspecified atom stereocenters. The summed E-state index contributed by atoms with van der Waals surface area (Å²) in [5.41, 5.74) is 5.95. The van der Waals surface area contributed by atoms with Gasteiger partial charge in [0.15, 0.2) is 23.0 Å². The number of aliphatic imine (C=N–C) groups is 2. The van der Waals surface area contributed by atoms with Gasteiger partial charge in [-0.15, -0.1) is 5.06 Å². The average molecular weight is 932 g/mol. The molecule has 0 saturated carbocycles. The first kappa shape index (κ1) is 44.8. The quantitative estimate of drug-likeness (QED) is 0.0982. The summed E-state index contributed by atoms with van der Waals surface area (Å²) in [5, 5.41) is 0.541. The number of anilines is 2. The Morgan fingerprint density at radius 2 is 1.14 bits per heavy atom. The number of carbonyl (C=O) groups is 5. The summed E-state index contributed by atoms with van der Waals surface area (Å²) in [6, 6.07) is 27.5. The molecule has 0 aromatic heterocycles. The molecule has 5 aromatic carbocycles. The van der Waals surface area contributed by atoms with Gasteiger partial charge in [-0.2, -0.15) is 0 Å². The highest BCUT2D eigenvalue weighted by molar-refractivity contribution is 6.16. The molecule has 16 heteroatoms. The van der Waals surface area contributed by atoms with Crippen LogP contribution in [0.5, 0.6) is 28.7 Å². The standard InChI is InChI=1S/C53H49N5O11/c1-30(52(63)69-58-48(59)14-15-49(58)60)25-53(2,3)68-37-17-31(28-66-46-23-40-38(21-44(46)64-4)50(61)56-35(26-54-40)19-33-10-6-8-12-42(33)56)16-32(18-37)29-67-47-24-41-39(22-45(47)65-5)51(62)57-36(27-55-41)20-34-11-7-9-13-43(34)57/h6-13,16-18,21-24,26-27,30,35-36H,14-15,19-20,25,28-29H2,1-5H3/t30?,35-,36-/m0/s1. The molecule has 3 atom stereocenters. The van der Waals surface area contributed by atoms with Gasteiger partial charge in [0, 0.05) is 61.6 Å². The summed E-state index contributed by atoms with van der Waals surface area (Å²) < 4.78 is 31.0. The molecular formula is C53H49N5O11. The van der Waals surface area contributed by atoms with Crippen LogP contribution in [0.2, 0.25) is 0 Å². The van der Waals surface area contributed by atoms with Crippen LogP contribution in [0.25, 0.3) is 0 Å². The fraction of sp³-hybridized carbons (Fsp3) is 0.302. The number of benzene rings is 5. The van der Waals surface area contributed by atoms with E-state index >= 15 is 0 Å². The number of methoxy groups -OCH3 is 2. The van der Waals surface area contributed by atoms with E-state index in [1.165, 1.54) is 14.2 Å². The minimum atomic E-state index is -0.964. The number of fused-ring (bicyclic) bond motifs is 8. The number of rotatable bonds is 14. The fourth-order valence-corrected chi connectivity index (χ4v) is 9.67. The van der Waals surface area contributed by atoms with E-state index in [9.17, 15) is 24.0 Å². The average Bonchev–Trinajstić information content (AvgIpc) is 3.95. The van der Waals surface area contributed by atoms with E-state index in [-0.39, 0.29) is 56.4 Å². The Morgan fingerprint density at radius 1 is 0.667 bits per heavy atom. The van der Waals surface area contributed by atoms with Crippen molar-refractivity contribution < 1.29 is 52.5 Å². The largest absolute Gasteiger partial charge is 0.493 e. The summed E-state index contributed by atoms with van der Waals surface area (Å²) in [5.74, 6) is -1.12. The van der Waals surface area contributed by atoms with Crippen LogP contribution in [-0.4, -0.2) is 79.0 Å². The molecule has 0 bridgehead atoms. The maximum atomic E-state index is 14.1. The second-order valence-corrected chi connectivity index (χ2v) is 18.3. The van der Waals surface area contributed by atoms with E-state index in [1.807, 2.05) is 80.6 Å². The third-order valence-electron chi connectivity index (χ3n) is 12.9. The van der Waals surface area contributed by atoms with Crippen molar-refractivity contribution >= 4 is 64.8 Å². The van der Waals surface area contributed by atoms with Gasteiger partial charge in [-0.05, 0) is 85.0 Å². The van der Waals surface area contributed by atoms with Crippen molar-refractivity contribution in [1.29, 1.82) is 0 Å². The van der Waals surface area contributed by atoms with Gasteiger partial charge in [0.25, 0.3) is 23.6 Å². The monoisotopic (exact) mass is 931 g/mol. The zero-order valence-corrected chi connectivity index (χ0v) is 38.7. The molecule has 0 aliphatic carbocycles. The van der Waals surface area contributed by atoms with Crippen molar-refractivity contribution in [3.05, 3.63) is 124 Å². The summed E-state index contributed by atoms with van der Waals surface area (Å²) in [4.78, 5) is 83.8. The Balaban J connectivity index is 0.915. The van der Waals surface area contributed by atoms with E-state index in [0.29, 0.717) is 80.3 Å². The number of para-hydroxylation sites is 2. The Hall–Kier alpha value is -8.01. The van der Waals surface area contributed by atoms with Gasteiger partial charge in [-0.1, -0.05) is 43.3 Å². The summed E-state index contributed by atoms with van der Waals surface area (Å²) in [6.45, 7) is 5.34. The molecule has 69 heavy (non-hydrogen) atoms. The van der Waals surface area contributed by atoms with Crippen LogP contribution in [0.4, 0.5) is 22.7 Å². The highest BCUT2D eigenvalue weighted by Crippen LogP contribution is 2.43. The number of imide groups is 1. The molecule has 10 rings (SSSR count). The smallest absolute Gasteiger partial charge is 0.336 e. The molecule has 5 aromatic rings. The van der Waals surface area contributed by atoms with Crippen LogP contribution in [-0.2, 0) is 45.3 Å². The van der Waals surface area contributed by atoms with E-state index in [1.54, 1.807) is 53.4 Å². The molecule has 0 N–H and O–H groups in total. The Morgan fingerprint density at radius 3 is 1.62 bits per heavy atom. The lowest BCUT2D eigenvalue weighted by Gasteiger charge is -2.29. The highest BCUT2D eigenvalue weighted by Gasteiger charge is 2.39. The zero-order valence-electron chi connectivity index (χ0n) is 38.7. The summed E-state index contributed by atoms with van der Waals surface area (Å²) in [6.07, 6.45) is 5.06. The van der Waals surface area contributed by atoms with Crippen molar-refractivity contribution in [3.63, 3.8) is 0 Å². The Labute approximate surface area is 398 Å². The summed E-state index contributed by atoms with van der Waals surface area (Å²) in [7, 11) is 3.02. The van der Waals surface area contributed by atoms with Crippen molar-refractivity contribution in [2.75, 3.05) is 24.0 Å². The van der Waals surface area contributed by atoms with Gasteiger partial charge in [-0.25, -0.2) is 4.79 Å². The van der Waals surface area contributed by atoms with E-state index in [2.05, 4.69) is 0 Å². The molecule has 5 aliphatic heterocycles. The topological polar surface area (TPSA) is 175 Å². The molecule has 0 radical (unpaired) electrons. The fourth-order valence-electron chi connectivity index (χ4n) is 9.67. The van der Waals surface area contributed by atoms with E-state index < -0.39 is 29.3 Å². The summed E-state index contributed by atoms with van der Waals surface area (Å²) >= 11 is 0. The van der Waals surface area contributed by atoms with Crippen LogP contribution in [0.1, 0.15) is 83.0 Å². The Kier molecular flexibility index (Phi) is 11.6. The normalized spacial score (nSPS) is 18.1. The van der Waals surface area contributed by atoms with Gasteiger partial charge in [0.1, 0.15) is 24.6 Å². The van der Waals surface area contributed by atoms with Crippen LogP contribution in [0.3, 0.4) is 0 Å². The lowest BCUT2D eigenvalue weighted by atomic mass is 9.94. The molecule has 1 saturated heterocycles. The molecule has 1 fully saturated rings. The van der Waals surface area contributed by atoms with Gasteiger partial charge in [0.05, 0.1) is 54.7 Å². The minimum absolute atomic E-state index is 0.00977. The third-order valence-corrected chi connectivity index (χ3v) is 12.9. The van der Waals surface area contributed by atoms with Gasteiger partial charge >= 0.3 is 5.97 Å². The zero-order chi connectivity index (χ0) is 48.1. The maximum absolute atomic E-state index is 14.1. The van der Waals surface area contributed by atoms with Crippen LogP contribution < -0.4 is 33.5 Å². The predicted octanol–water partition coefficient (Wildman–Crippen LogP) is 8.23. The first-order chi connectivity index (χ1) is 33.3. The molecule has 16 nitrogen and oxygen atoms in total. The number of hydroxylamine groups is 2. The first-order valence-corrected chi connectivity index (χ1v) is 22.8. The minimum Gasteiger partial charge on any atom is -0.493 e. The number of hydrogen-bond acceptors (Lipinski definition) is 13. The van der Waals surface area contributed by atoms with Gasteiger partial charge in [-0.3, -0.25) is 39.0 Å². The van der Waals surface area contributed by atoms with E-state index in [0.717, 1.165) is 22.5 Å². The van der Waals surface area contributed by atoms with Crippen LogP contribution in [0.15, 0.2) is 101 Å². The second-order valence-electron chi connectivity index (χ2n) is 18.3. The highest BCUT2D eigenvalue weighted by atomic mass is 16.7. The van der Waals surface area contributed by atoms with Crippen molar-refractivity contribution in [1.82, 2.24) is 5.06 Å². The first-order valence-electron chi connectivity index (χ1n) is 22.8. The predicted molar refractivity (Wildman–Crippen MR) is 255 cm³/mol. The number of amides is 4. The number of carbonyl (C=O) groups excluding carboxylic acids is 5. The number of ether oxygens (including phenoxy) is 5. The van der Waals surface area contributed by atoms with Crippen molar-refractivity contribution in [3.8, 4) is 28.7 Å². The van der Waals surface area contributed by atoms with E-state index in [4.69, 9.17) is 38.5 Å². The van der Waals surface area contributed by atoms with Crippen molar-refractivity contribution in [2.24, 2.45) is 15.9 Å². The van der Waals surface area contributed by atoms with Crippen LogP contribution in [0, 0.1) is 5.92 Å². The van der Waals surface area contributed by atoms with Gasteiger partial charge in [0.2, 0.25) is 0 Å². The lowest BCUT2D eigenvalue weighted by molar-refractivity contribution is -0.201. The van der Waals surface area contributed by atoms with Crippen molar-refractivity contribution in [2.45, 2.75) is 83.8 Å². The molecular weight excluding hydrogens is 883 g/mol. The second kappa shape index (κ2) is 17.9. The Bertz CT molecular complexity index is 2840. The molecule has 4 amide bonds. The molecule has 0 spiro atoms. The molecule has 5 heterocycles. The molecule has 5 aliphatic rings. The lowest BCUT2D eigenvalue weighted by Crippen LogP contribution is -2.37. The molecule has 352 valence electrons. The van der Waals surface area contributed by atoms with Crippen LogP contribution >= 0.6 is 0 Å².